The molecule has 0 unspecified atom stereocenters. The zero-order valence-corrected chi connectivity index (χ0v) is 12.1. The summed E-state index contributed by atoms with van der Waals surface area (Å²) < 4.78 is 1.97. The van der Waals surface area contributed by atoms with Crippen molar-refractivity contribution >= 4 is 11.6 Å². The van der Waals surface area contributed by atoms with Crippen LogP contribution in [0, 0.1) is 0 Å². The molecule has 2 rings (SSSR count). The summed E-state index contributed by atoms with van der Waals surface area (Å²) in [7, 11) is 0. The van der Waals surface area contributed by atoms with E-state index in [1.165, 1.54) is 0 Å². The Hall–Kier alpha value is -1.39. The zero-order valence-electron chi connectivity index (χ0n) is 11.4. The molecule has 0 fully saturated rings. The lowest BCUT2D eigenvalue weighted by Crippen LogP contribution is -2.26. The summed E-state index contributed by atoms with van der Waals surface area (Å²) in [6.45, 7) is 6.07. The van der Waals surface area contributed by atoms with E-state index < -0.39 is 0 Å². The molecule has 0 atom stereocenters. The summed E-state index contributed by atoms with van der Waals surface area (Å²) in [5.41, 5.74) is 0.824. The van der Waals surface area contributed by atoms with Gasteiger partial charge in [0.2, 0.25) is 0 Å². The second-order valence-electron chi connectivity index (χ2n) is 5.46. The van der Waals surface area contributed by atoms with Gasteiger partial charge in [-0.2, -0.15) is 0 Å². The lowest BCUT2D eigenvalue weighted by molar-refractivity contribution is 0.248. The van der Waals surface area contributed by atoms with Crippen molar-refractivity contribution in [3.8, 4) is 0 Å². The molecule has 1 aromatic heterocycles. The number of aliphatic hydroxyl groups is 1. The smallest absolute Gasteiger partial charge is 0.159 e. The van der Waals surface area contributed by atoms with Crippen LogP contribution < -0.4 is 0 Å². The van der Waals surface area contributed by atoms with Gasteiger partial charge >= 0.3 is 0 Å². The molecule has 5 heteroatoms. The van der Waals surface area contributed by atoms with Crippen LogP contribution in [-0.2, 0) is 18.6 Å². The Balaban J connectivity index is 2.42. The fourth-order valence-electron chi connectivity index (χ4n) is 2.16. The predicted molar refractivity (Wildman–Crippen MR) is 75.2 cm³/mol. The Bertz CT molecular complexity index is 572. The van der Waals surface area contributed by atoms with Crippen molar-refractivity contribution in [2.45, 2.75) is 39.3 Å². The number of rotatable bonds is 3. The number of hydrogen-bond acceptors (Lipinski definition) is 3. The minimum atomic E-state index is -0.182. The van der Waals surface area contributed by atoms with Gasteiger partial charge in [-0.05, 0) is 32.4 Å². The maximum absolute atomic E-state index is 9.37. The number of aromatic nitrogens is 3. The zero-order chi connectivity index (χ0) is 14.0. The molecular formula is C14H18ClN3O. The Labute approximate surface area is 118 Å². The van der Waals surface area contributed by atoms with Crippen molar-refractivity contribution in [1.29, 1.82) is 0 Å². The van der Waals surface area contributed by atoms with E-state index in [-0.39, 0.29) is 12.1 Å². The van der Waals surface area contributed by atoms with Crippen LogP contribution in [0.3, 0.4) is 0 Å². The third kappa shape index (κ3) is 2.96. The van der Waals surface area contributed by atoms with Gasteiger partial charge < -0.3 is 9.67 Å². The van der Waals surface area contributed by atoms with Crippen LogP contribution in [0.1, 0.15) is 38.0 Å². The first-order chi connectivity index (χ1) is 8.93. The van der Waals surface area contributed by atoms with Crippen molar-refractivity contribution in [2.24, 2.45) is 0 Å². The summed E-state index contributed by atoms with van der Waals surface area (Å²) in [5.74, 6) is 1.39. The van der Waals surface area contributed by atoms with Gasteiger partial charge in [0.05, 0.1) is 0 Å². The molecule has 0 bridgehead atoms. The van der Waals surface area contributed by atoms with E-state index in [9.17, 15) is 5.11 Å². The van der Waals surface area contributed by atoms with Crippen LogP contribution in [-0.4, -0.2) is 19.9 Å². The summed E-state index contributed by atoms with van der Waals surface area (Å²) in [5, 5.41) is 18.3. The molecule has 0 amide bonds. The highest BCUT2D eigenvalue weighted by Crippen LogP contribution is 2.23. The molecule has 0 aliphatic rings. The van der Waals surface area contributed by atoms with Gasteiger partial charge in [0, 0.05) is 17.0 Å². The maximum atomic E-state index is 9.37. The van der Waals surface area contributed by atoms with Crippen LogP contribution in [0.4, 0.5) is 0 Å². The van der Waals surface area contributed by atoms with Crippen LogP contribution in [0.5, 0.6) is 0 Å². The molecule has 2 aromatic rings. The summed E-state index contributed by atoms with van der Waals surface area (Å²) in [6, 6.07) is 7.69. The Morgan fingerprint density at radius 2 is 1.79 bits per heavy atom. The largest absolute Gasteiger partial charge is 0.388 e. The van der Waals surface area contributed by atoms with Gasteiger partial charge in [0.25, 0.3) is 0 Å². The Morgan fingerprint density at radius 3 is 2.37 bits per heavy atom. The molecule has 0 spiro atoms. The molecule has 102 valence electrons. The number of hydrogen-bond donors (Lipinski definition) is 1. The monoisotopic (exact) mass is 279 g/mol. The van der Waals surface area contributed by atoms with Crippen molar-refractivity contribution in [1.82, 2.24) is 14.8 Å². The van der Waals surface area contributed by atoms with Crippen LogP contribution in [0.2, 0.25) is 5.02 Å². The number of nitrogens with zero attached hydrogens (tertiary/aromatic N) is 3. The summed E-state index contributed by atoms with van der Waals surface area (Å²) >= 11 is 6.17. The number of halogens is 1. The van der Waals surface area contributed by atoms with E-state index in [0.717, 1.165) is 16.4 Å². The molecule has 0 saturated carbocycles. The molecule has 0 aliphatic carbocycles. The third-order valence-electron chi connectivity index (χ3n) is 2.92. The highest BCUT2D eigenvalue weighted by atomic mass is 35.5. The Morgan fingerprint density at radius 1 is 1.16 bits per heavy atom. The normalized spacial score (nSPS) is 11.8. The summed E-state index contributed by atoms with van der Waals surface area (Å²) in [4.78, 5) is 0. The van der Waals surface area contributed by atoms with Crippen LogP contribution in [0.15, 0.2) is 24.3 Å². The first-order valence-electron chi connectivity index (χ1n) is 6.21. The van der Waals surface area contributed by atoms with E-state index >= 15 is 0 Å². The predicted octanol–water partition coefficient (Wildman–Crippen LogP) is 2.77. The highest BCUT2D eigenvalue weighted by Gasteiger charge is 2.22. The number of benzene rings is 1. The minimum absolute atomic E-state index is 0.118. The van der Waals surface area contributed by atoms with Gasteiger partial charge in [-0.3, -0.25) is 0 Å². The first kappa shape index (κ1) is 14.0. The second kappa shape index (κ2) is 5.31. The molecular weight excluding hydrogens is 262 g/mol. The Kier molecular flexibility index (Phi) is 3.92. The quantitative estimate of drug-likeness (QED) is 0.940. The van der Waals surface area contributed by atoms with Crippen LogP contribution >= 0.6 is 11.6 Å². The third-order valence-corrected chi connectivity index (χ3v) is 3.28. The second-order valence-corrected chi connectivity index (χ2v) is 5.87. The standard InChI is InChI=1S/C14H18ClN3O/c1-14(2,3)18-12(16-17-13(18)9-19)8-10-6-4-5-7-11(10)15/h4-7,19H,8-9H2,1-3H3. The van der Waals surface area contributed by atoms with Crippen molar-refractivity contribution in [2.75, 3.05) is 0 Å². The lowest BCUT2D eigenvalue weighted by atomic mass is 10.1. The number of aliphatic hydroxyl groups excluding tert-OH is 1. The molecule has 4 nitrogen and oxygen atoms in total. The van der Waals surface area contributed by atoms with Crippen molar-refractivity contribution in [3.05, 3.63) is 46.5 Å². The van der Waals surface area contributed by atoms with Gasteiger partial charge in [-0.25, -0.2) is 0 Å². The minimum Gasteiger partial charge on any atom is -0.388 e. The fourth-order valence-corrected chi connectivity index (χ4v) is 2.36. The van der Waals surface area contributed by atoms with Gasteiger partial charge in [0.1, 0.15) is 12.4 Å². The molecule has 1 heterocycles. The van der Waals surface area contributed by atoms with E-state index in [1.807, 2.05) is 28.8 Å². The topological polar surface area (TPSA) is 50.9 Å². The van der Waals surface area contributed by atoms with Crippen molar-refractivity contribution < 1.29 is 5.11 Å². The van der Waals surface area contributed by atoms with Crippen molar-refractivity contribution in [3.63, 3.8) is 0 Å². The van der Waals surface area contributed by atoms with Crippen LogP contribution in [0.25, 0.3) is 0 Å². The lowest BCUT2D eigenvalue weighted by Gasteiger charge is -2.24. The molecule has 1 aromatic carbocycles. The average Bonchev–Trinajstić information content (AvgIpc) is 2.75. The fraction of sp³-hybridized carbons (Fsp3) is 0.429. The van der Waals surface area contributed by atoms with Gasteiger partial charge in [-0.1, -0.05) is 29.8 Å². The first-order valence-corrected chi connectivity index (χ1v) is 6.59. The molecule has 1 N–H and O–H groups in total. The summed E-state index contributed by atoms with van der Waals surface area (Å²) in [6.07, 6.45) is 0.601. The highest BCUT2D eigenvalue weighted by molar-refractivity contribution is 6.31. The van der Waals surface area contributed by atoms with Gasteiger partial charge in [0.15, 0.2) is 5.82 Å². The van der Waals surface area contributed by atoms with E-state index in [2.05, 4.69) is 31.0 Å². The average molecular weight is 280 g/mol. The maximum Gasteiger partial charge on any atom is 0.159 e. The molecule has 0 aliphatic heterocycles. The van der Waals surface area contributed by atoms with E-state index in [4.69, 9.17) is 11.6 Å². The SMILES string of the molecule is CC(C)(C)n1c(CO)nnc1Cc1ccccc1Cl. The molecule has 0 radical (unpaired) electrons. The van der Waals surface area contributed by atoms with Gasteiger partial charge in [-0.15, -0.1) is 10.2 Å². The molecule has 0 saturated heterocycles. The molecule has 19 heavy (non-hydrogen) atoms. The van der Waals surface area contributed by atoms with E-state index in [0.29, 0.717) is 12.2 Å². The van der Waals surface area contributed by atoms with E-state index in [1.54, 1.807) is 0 Å².